The van der Waals surface area contributed by atoms with Crippen molar-refractivity contribution < 1.29 is 24.2 Å². The molecular weight excluding hydrogens is 729 g/mol. The number of aryl methyl sites for hydroxylation is 1. The smallest absolute Gasteiger partial charge is 0.323 e. The number of nitrogens with zero attached hydrogens (tertiary/aromatic N) is 3. The number of carbonyl (C=O) groups excluding carboxylic acids is 3. The Morgan fingerprint density at radius 3 is 2.21 bits per heavy atom. The molecule has 4 rings (SSSR count). The molecule has 1 atom stereocenters. The van der Waals surface area contributed by atoms with E-state index in [1.165, 1.54) is 17.7 Å². The molecule has 0 fully saturated rings. The number of rotatable bonds is 18. The fourth-order valence-electron chi connectivity index (χ4n) is 6.43. The molecule has 1 aliphatic rings. The molecule has 0 aliphatic heterocycles. The number of hydrogen-bond acceptors (Lipinski definition) is 8. The van der Waals surface area contributed by atoms with Crippen molar-refractivity contribution in [2.45, 2.75) is 111 Å². The van der Waals surface area contributed by atoms with Gasteiger partial charge in [0, 0.05) is 36.1 Å². The van der Waals surface area contributed by atoms with Crippen LogP contribution in [0.5, 0.6) is 5.75 Å². The molecule has 0 bridgehead atoms. The Morgan fingerprint density at radius 2 is 1.60 bits per heavy atom. The standard InChI is InChI=1S/C47H60N6O5/c1-10-14-15-43(58-42-23-18-33(46(6,7)11-2)27-36(42)47(8,9)12-3)44(56)51-39-29-41(55)40(52-45(57)49-34-19-16-32(30-48)17-20-34)28-38(39)50-37-22-21-35(26-31(37)5)53(13-4)24-25-54/h16-23,26-29,43,54H,10-15,24-25H2,1-9H3,(H,51,56)(H2,49,52,57). The average Bonchev–Trinajstić information content (AvgIpc) is 3.20. The molecule has 1 unspecified atom stereocenters. The van der Waals surface area contributed by atoms with Crippen molar-refractivity contribution in [1.82, 2.24) is 10.6 Å². The van der Waals surface area contributed by atoms with Crippen molar-refractivity contribution in [3.63, 3.8) is 0 Å². The molecule has 11 heteroatoms. The maximum absolute atomic E-state index is 14.3. The number of ketones is 1. The van der Waals surface area contributed by atoms with E-state index in [4.69, 9.17) is 15.0 Å². The Balaban J connectivity index is 1.72. The number of carbonyl (C=O) groups is 3. The number of ether oxygens (including phenoxy) is 1. The van der Waals surface area contributed by atoms with Crippen molar-refractivity contribution in [1.29, 1.82) is 5.26 Å². The van der Waals surface area contributed by atoms with Gasteiger partial charge in [-0.05, 0) is 116 Å². The predicted molar refractivity (Wildman–Crippen MR) is 233 cm³/mol. The Labute approximate surface area is 344 Å². The first-order chi connectivity index (χ1) is 27.6. The summed E-state index contributed by atoms with van der Waals surface area (Å²) >= 11 is 0. The van der Waals surface area contributed by atoms with Crippen LogP contribution in [-0.4, -0.2) is 54.3 Å². The van der Waals surface area contributed by atoms with Gasteiger partial charge >= 0.3 is 6.03 Å². The SMILES string of the molecule is CCCCC(Oc1ccc(C(C)(C)CC)cc1C(C)(C)CC)C(=O)NC1=CC(=O)C(NC(=O)Nc2ccc(C#N)cc2)=CC1=Nc1ccc(N(CC)CCO)cc1C. The number of nitriles is 1. The number of unbranched alkanes of at least 4 members (excludes halogenated alkanes) is 1. The molecule has 11 nitrogen and oxygen atoms in total. The van der Waals surface area contributed by atoms with Gasteiger partial charge in [0.1, 0.15) is 5.75 Å². The monoisotopic (exact) mass is 788 g/mol. The Morgan fingerprint density at radius 1 is 0.897 bits per heavy atom. The van der Waals surface area contributed by atoms with Gasteiger partial charge in [-0.2, -0.15) is 5.26 Å². The zero-order valence-electron chi connectivity index (χ0n) is 35.6. The summed E-state index contributed by atoms with van der Waals surface area (Å²) in [6, 6.07) is 19.7. The number of anilines is 2. The lowest BCUT2D eigenvalue weighted by molar-refractivity contribution is -0.127. The van der Waals surface area contributed by atoms with Crippen LogP contribution in [0.4, 0.5) is 21.9 Å². The van der Waals surface area contributed by atoms with E-state index < -0.39 is 23.8 Å². The molecule has 0 saturated heterocycles. The first-order valence-electron chi connectivity index (χ1n) is 20.3. The lowest BCUT2D eigenvalue weighted by atomic mass is 9.76. The summed E-state index contributed by atoms with van der Waals surface area (Å²) in [5.74, 6) is -0.304. The first-order valence-corrected chi connectivity index (χ1v) is 20.3. The second-order valence-electron chi connectivity index (χ2n) is 15.9. The third-order valence-corrected chi connectivity index (χ3v) is 11.1. The highest BCUT2D eigenvalue weighted by atomic mass is 16.5. The zero-order chi connectivity index (χ0) is 42.6. The highest BCUT2D eigenvalue weighted by Crippen LogP contribution is 2.39. The van der Waals surface area contributed by atoms with Crippen LogP contribution in [0, 0.1) is 18.3 Å². The van der Waals surface area contributed by atoms with E-state index in [0.717, 1.165) is 42.5 Å². The van der Waals surface area contributed by atoms with Gasteiger partial charge in [0.05, 0.1) is 41.0 Å². The van der Waals surface area contributed by atoms with Crippen LogP contribution >= 0.6 is 0 Å². The van der Waals surface area contributed by atoms with Crippen LogP contribution in [0.1, 0.15) is 110 Å². The van der Waals surface area contributed by atoms with Gasteiger partial charge in [-0.25, -0.2) is 9.79 Å². The van der Waals surface area contributed by atoms with Gasteiger partial charge in [0.25, 0.3) is 5.91 Å². The Kier molecular flexibility index (Phi) is 15.6. The van der Waals surface area contributed by atoms with Gasteiger partial charge in [-0.1, -0.05) is 67.0 Å². The Bertz CT molecular complexity index is 2090. The van der Waals surface area contributed by atoms with E-state index in [1.807, 2.05) is 49.1 Å². The van der Waals surface area contributed by atoms with E-state index in [9.17, 15) is 19.5 Å². The fourth-order valence-corrected chi connectivity index (χ4v) is 6.43. The van der Waals surface area contributed by atoms with Gasteiger partial charge in [0.2, 0.25) is 5.78 Å². The highest BCUT2D eigenvalue weighted by molar-refractivity contribution is 6.24. The number of nitrogens with one attached hydrogen (secondary N) is 3. The van der Waals surface area contributed by atoms with E-state index in [0.29, 0.717) is 42.2 Å². The van der Waals surface area contributed by atoms with Gasteiger partial charge in [-0.3, -0.25) is 9.59 Å². The molecule has 58 heavy (non-hydrogen) atoms. The number of benzene rings is 3. The van der Waals surface area contributed by atoms with Crippen molar-refractivity contribution in [2.75, 3.05) is 29.9 Å². The van der Waals surface area contributed by atoms with Crippen LogP contribution in [-0.2, 0) is 20.4 Å². The van der Waals surface area contributed by atoms with Crippen LogP contribution in [0.3, 0.4) is 0 Å². The summed E-state index contributed by atoms with van der Waals surface area (Å²) in [5, 5.41) is 27.0. The zero-order valence-corrected chi connectivity index (χ0v) is 35.6. The third kappa shape index (κ3) is 11.4. The maximum Gasteiger partial charge on any atom is 0.323 e. The summed E-state index contributed by atoms with van der Waals surface area (Å²) in [7, 11) is 0. The van der Waals surface area contributed by atoms with Gasteiger partial charge < -0.3 is 30.7 Å². The average molecular weight is 789 g/mol. The second-order valence-corrected chi connectivity index (χ2v) is 15.9. The molecular formula is C47H60N6O5. The first kappa shape index (κ1) is 45.0. The quantitative estimate of drug-likeness (QED) is 0.0938. The minimum atomic E-state index is -0.872. The van der Waals surface area contributed by atoms with Crippen molar-refractivity contribution in [3.05, 3.63) is 106 Å². The van der Waals surface area contributed by atoms with Gasteiger partial charge in [0.15, 0.2) is 6.10 Å². The number of allylic oxidation sites excluding steroid dienone is 2. The second kappa shape index (κ2) is 20.1. The highest BCUT2D eigenvalue weighted by Gasteiger charge is 2.31. The molecule has 3 aromatic carbocycles. The molecule has 3 amide bonds. The number of likely N-dealkylation sites (N-methyl/N-ethyl adjacent to an activating group) is 1. The molecule has 0 saturated carbocycles. The number of aliphatic hydroxyl groups is 1. The topological polar surface area (TPSA) is 156 Å². The van der Waals surface area contributed by atoms with Crippen LogP contribution in [0.15, 0.2) is 89.2 Å². The van der Waals surface area contributed by atoms with Crippen LogP contribution in [0.25, 0.3) is 0 Å². The summed E-state index contributed by atoms with van der Waals surface area (Å²) in [4.78, 5) is 48.0. The van der Waals surface area contributed by atoms with E-state index in [2.05, 4.69) is 76.5 Å². The minimum absolute atomic E-state index is 0.0150. The summed E-state index contributed by atoms with van der Waals surface area (Å²) < 4.78 is 6.67. The fraction of sp³-hybridized carbons (Fsp3) is 0.426. The maximum atomic E-state index is 14.3. The van der Waals surface area contributed by atoms with E-state index >= 15 is 0 Å². The molecule has 308 valence electrons. The molecule has 3 aromatic rings. The van der Waals surface area contributed by atoms with E-state index in [-0.39, 0.29) is 34.5 Å². The molecule has 0 radical (unpaired) electrons. The lowest BCUT2D eigenvalue weighted by Crippen LogP contribution is -2.41. The predicted octanol–water partition coefficient (Wildman–Crippen LogP) is 9.06. The number of aliphatic hydroxyl groups excluding tert-OH is 1. The van der Waals surface area contributed by atoms with Crippen molar-refractivity contribution in [3.8, 4) is 11.8 Å². The molecule has 4 N–H and O–H groups in total. The molecule has 0 spiro atoms. The van der Waals surface area contributed by atoms with Crippen molar-refractivity contribution >= 4 is 40.5 Å². The lowest BCUT2D eigenvalue weighted by Gasteiger charge is -2.31. The normalized spacial score (nSPS) is 14.2. The summed E-state index contributed by atoms with van der Waals surface area (Å²) in [6.45, 7) is 20.3. The van der Waals surface area contributed by atoms with Crippen LogP contribution < -0.4 is 25.6 Å². The third-order valence-electron chi connectivity index (χ3n) is 11.1. The molecule has 1 aliphatic carbocycles. The number of urea groups is 1. The molecule has 0 aromatic heterocycles. The Hall–Kier alpha value is -5.73. The largest absolute Gasteiger partial charge is 0.480 e. The van der Waals surface area contributed by atoms with Crippen LogP contribution in [0.2, 0.25) is 0 Å². The number of amides is 3. The number of hydrogen-bond donors (Lipinski definition) is 4. The summed E-state index contributed by atoms with van der Waals surface area (Å²) in [6.07, 6.45) is 5.72. The number of aliphatic imine (C=N–C) groups is 1. The minimum Gasteiger partial charge on any atom is -0.480 e. The van der Waals surface area contributed by atoms with E-state index in [1.54, 1.807) is 24.3 Å². The van der Waals surface area contributed by atoms with Gasteiger partial charge in [-0.15, -0.1) is 0 Å². The van der Waals surface area contributed by atoms with Crippen molar-refractivity contribution in [2.24, 2.45) is 4.99 Å². The summed E-state index contributed by atoms with van der Waals surface area (Å²) in [5.41, 5.74) is 5.59. The molecule has 0 heterocycles.